The average Bonchev–Trinajstić information content (AvgIpc) is 2.58. The molecule has 3 rings (SSSR count). The summed E-state index contributed by atoms with van der Waals surface area (Å²) in [5.74, 6) is 1.54. The third-order valence-corrected chi connectivity index (χ3v) is 5.89. The Hall–Kier alpha value is -0.930. The van der Waals surface area contributed by atoms with Gasteiger partial charge in [0.25, 0.3) is 0 Å². The van der Waals surface area contributed by atoms with Gasteiger partial charge in [0.05, 0.1) is 0 Å². The van der Waals surface area contributed by atoms with Gasteiger partial charge in [-0.3, -0.25) is 0 Å². The summed E-state index contributed by atoms with van der Waals surface area (Å²) in [5, 5.41) is 0. The predicted molar refractivity (Wildman–Crippen MR) is 93.8 cm³/mol. The van der Waals surface area contributed by atoms with E-state index < -0.39 is 0 Å². The van der Waals surface area contributed by atoms with Crippen LogP contribution in [0, 0.1) is 17.7 Å². The fourth-order valence-corrected chi connectivity index (χ4v) is 4.21. The van der Waals surface area contributed by atoms with Gasteiger partial charge >= 0.3 is 0 Å². The molecule has 0 unspecified atom stereocenters. The monoisotopic (exact) mass is 318 g/mol. The summed E-state index contributed by atoms with van der Waals surface area (Å²) in [6.45, 7) is 3.74. The van der Waals surface area contributed by atoms with Crippen LogP contribution < -0.4 is 5.73 Å². The Bertz CT molecular complexity index is 457. The van der Waals surface area contributed by atoms with E-state index in [1.165, 1.54) is 70.1 Å². The van der Waals surface area contributed by atoms with Crippen molar-refractivity contribution in [1.29, 1.82) is 0 Å². The van der Waals surface area contributed by atoms with Crippen LogP contribution in [0.2, 0.25) is 0 Å². The lowest BCUT2D eigenvalue weighted by Crippen LogP contribution is -2.36. The number of nitrogens with two attached hydrogens (primary N) is 1. The third kappa shape index (κ3) is 5.29. The van der Waals surface area contributed by atoms with E-state index >= 15 is 0 Å². The van der Waals surface area contributed by atoms with E-state index in [1.807, 2.05) is 12.1 Å². The molecule has 1 saturated carbocycles. The molecule has 1 saturated heterocycles. The van der Waals surface area contributed by atoms with Crippen molar-refractivity contribution in [2.45, 2.75) is 57.4 Å². The summed E-state index contributed by atoms with van der Waals surface area (Å²) in [7, 11) is 0. The summed E-state index contributed by atoms with van der Waals surface area (Å²) in [5.41, 5.74) is 7.27. The molecular weight excluding hydrogens is 287 g/mol. The molecular formula is C20H31FN2. The van der Waals surface area contributed by atoms with Gasteiger partial charge in [-0.05, 0) is 101 Å². The molecule has 1 aromatic rings. The zero-order valence-corrected chi connectivity index (χ0v) is 14.2. The molecule has 1 aliphatic heterocycles. The van der Waals surface area contributed by atoms with Crippen molar-refractivity contribution in [3.05, 3.63) is 35.6 Å². The molecule has 2 fully saturated rings. The van der Waals surface area contributed by atoms with E-state index in [1.54, 1.807) is 12.1 Å². The fraction of sp³-hybridized carbons (Fsp3) is 0.700. The highest BCUT2D eigenvalue weighted by Gasteiger charge is 2.22. The molecule has 2 aliphatic rings. The lowest BCUT2D eigenvalue weighted by Gasteiger charge is -2.34. The molecule has 0 amide bonds. The molecule has 1 heterocycles. The van der Waals surface area contributed by atoms with Crippen LogP contribution in [0.15, 0.2) is 24.3 Å². The normalized spacial score (nSPS) is 27.2. The summed E-state index contributed by atoms with van der Waals surface area (Å²) in [4.78, 5) is 2.65. The number of halogens is 1. The second kappa shape index (κ2) is 8.25. The van der Waals surface area contributed by atoms with Crippen molar-refractivity contribution < 1.29 is 4.39 Å². The SMILES string of the molecule is NC1CCC(CCN2CCC(Cc3ccc(F)cc3)CC2)CC1. The van der Waals surface area contributed by atoms with Crippen molar-refractivity contribution in [3.63, 3.8) is 0 Å². The number of likely N-dealkylation sites (tertiary alicyclic amines) is 1. The number of rotatable bonds is 5. The number of benzene rings is 1. The van der Waals surface area contributed by atoms with Crippen LogP contribution in [-0.2, 0) is 6.42 Å². The fourth-order valence-electron chi connectivity index (χ4n) is 4.21. The molecule has 0 aromatic heterocycles. The Labute approximate surface area is 140 Å². The van der Waals surface area contributed by atoms with Gasteiger partial charge in [0.1, 0.15) is 5.82 Å². The molecule has 0 radical (unpaired) electrons. The van der Waals surface area contributed by atoms with Gasteiger partial charge in [0.2, 0.25) is 0 Å². The smallest absolute Gasteiger partial charge is 0.123 e. The number of nitrogens with zero attached hydrogens (tertiary/aromatic N) is 1. The van der Waals surface area contributed by atoms with Crippen molar-refractivity contribution >= 4 is 0 Å². The molecule has 0 bridgehead atoms. The van der Waals surface area contributed by atoms with Crippen LogP contribution in [0.5, 0.6) is 0 Å². The summed E-state index contributed by atoms with van der Waals surface area (Å²) in [6.07, 6.45) is 10.2. The quantitative estimate of drug-likeness (QED) is 0.889. The van der Waals surface area contributed by atoms with E-state index in [4.69, 9.17) is 5.73 Å². The van der Waals surface area contributed by atoms with Crippen molar-refractivity contribution in [3.8, 4) is 0 Å². The largest absolute Gasteiger partial charge is 0.328 e. The molecule has 128 valence electrons. The lowest BCUT2D eigenvalue weighted by atomic mass is 9.84. The van der Waals surface area contributed by atoms with Gasteiger partial charge in [-0.15, -0.1) is 0 Å². The standard InChI is InChI=1S/C20H31FN2/c21-19-5-1-17(2-6-19)15-18-10-13-23(14-11-18)12-9-16-3-7-20(22)8-4-16/h1-2,5-6,16,18,20H,3-4,7-15,22H2. The highest BCUT2D eigenvalue weighted by Crippen LogP contribution is 2.27. The van der Waals surface area contributed by atoms with Gasteiger partial charge in [-0.25, -0.2) is 4.39 Å². The maximum atomic E-state index is 13.0. The van der Waals surface area contributed by atoms with Gasteiger partial charge in [-0.2, -0.15) is 0 Å². The Balaban J connectivity index is 1.34. The molecule has 23 heavy (non-hydrogen) atoms. The Morgan fingerprint density at radius 3 is 2.22 bits per heavy atom. The predicted octanol–water partition coefficient (Wildman–Crippen LogP) is 3.99. The van der Waals surface area contributed by atoms with E-state index in [0.29, 0.717) is 6.04 Å². The van der Waals surface area contributed by atoms with Gasteiger partial charge < -0.3 is 10.6 Å². The van der Waals surface area contributed by atoms with Crippen LogP contribution in [-0.4, -0.2) is 30.6 Å². The number of hydrogen-bond acceptors (Lipinski definition) is 2. The van der Waals surface area contributed by atoms with Gasteiger partial charge in [0, 0.05) is 6.04 Å². The minimum absolute atomic E-state index is 0.132. The first-order valence-electron chi connectivity index (χ1n) is 9.41. The Kier molecular flexibility index (Phi) is 6.07. The second-order valence-corrected chi connectivity index (χ2v) is 7.69. The molecule has 0 spiro atoms. The van der Waals surface area contributed by atoms with Gasteiger partial charge in [0.15, 0.2) is 0 Å². The average molecular weight is 318 g/mol. The Morgan fingerprint density at radius 2 is 1.57 bits per heavy atom. The lowest BCUT2D eigenvalue weighted by molar-refractivity contribution is 0.165. The molecule has 2 nitrogen and oxygen atoms in total. The van der Waals surface area contributed by atoms with E-state index in [0.717, 1.165) is 18.3 Å². The second-order valence-electron chi connectivity index (χ2n) is 7.69. The van der Waals surface area contributed by atoms with Crippen LogP contribution in [0.1, 0.15) is 50.5 Å². The molecule has 3 heteroatoms. The zero-order chi connectivity index (χ0) is 16.1. The third-order valence-electron chi connectivity index (χ3n) is 5.89. The first-order valence-corrected chi connectivity index (χ1v) is 9.41. The van der Waals surface area contributed by atoms with Crippen LogP contribution in [0.25, 0.3) is 0 Å². The van der Waals surface area contributed by atoms with Crippen LogP contribution in [0.4, 0.5) is 4.39 Å². The first kappa shape index (κ1) is 16.9. The first-order chi connectivity index (χ1) is 11.2. The highest BCUT2D eigenvalue weighted by molar-refractivity contribution is 5.16. The number of piperidine rings is 1. The van der Waals surface area contributed by atoms with Crippen LogP contribution >= 0.6 is 0 Å². The van der Waals surface area contributed by atoms with E-state index in [2.05, 4.69) is 4.90 Å². The topological polar surface area (TPSA) is 29.3 Å². The maximum Gasteiger partial charge on any atom is 0.123 e. The number of hydrogen-bond donors (Lipinski definition) is 1. The molecule has 1 aliphatic carbocycles. The van der Waals surface area contributed by atoms with E-state index in [9.17, 15) is 4.39 Å². The minimum atomic E-state index is -0.132. The molecule has 0 atom stereocenters. The van der Waals surface area contributed by atoms with Crippen molar-refractivity contribution in [1.82, 2.24) is 4.90 Å². The summed E-state index contributed by atoms with van der Waals surface area (Å²) >= 11 is 0. The molecule has 2 N–H and O–H groups in total. The summed E-state index contributed by atoms with van der Waals surface area (Å²) < 4.78 is 13.0. The van der Waals surface area contributed by atoms with E-state index in [-0.39, 0.29) is 5.82 Å². The maximum absolute atomic E-state index is 13.0. The molecule has 1 aromatic carbocycles. The van der Waals surface area contributed by atoms with Crippen LogP contribution in [0.3, 0.4) is 0 Å². The minimum Gasteiger partial charge on any atom is -0.328 e. The highest BCUT2D eigenvalue weighted by atomic mass is 19.1. The Morgan fingerprint density at radius 1 is 0.913 bits per heavy atom. The zero-order valence-electron chi connectivity index (χ0n) is 14.2. The summed E-state index contributed by atoms with van der Waals surface area (Å²) in [6, 6.07) is 7.51. The van der Waals surface area contributed by atoms with Crippen molar-refractivity contribution in [2.75, 3.05) is 19.6 Å². The van der Waals surface area contributed by atoms with Gasteiger partial charge in [-0.1, -0.05) is 12.1 Å². The van der Waals surface area contributed by atoms with Crippen molar-refractivity contribution in [2.24, 2.45) is 17.6 Å².